The van der Waals surface area contributed by atoms with E-state index in [0.717, 1.165) is 11.1 Å². The Bertz CT molecular complexity index is 1480. The molecule has 3 heterocycles. The largest absolute Gasteiger partial charge is 0.486 e. The Morgan fingerprint density at radius 3 is 2.62 bits per heavy atom. The van der Waals surface area contributed by atoms with E-state index in [1.54, 1.807) is 24.3 Å². The molecule has 40 heavy (non-hydrogen) atoms. The SMILES string of the molecule is COC1CN(C(=O)c2cc(C)ccc2C)CC1Oc1ccc(F)c(CS(=O)(=O)N2CCCC2c2ccccn2)c1. The van der Waals surface area contributed by atoms with Crippen LogP contribution in [-0.4, -0.2) is 67.5 Å². The Morgan fingerprint density at radius 2 is 1.88 bits per heavy atom. The molecule has 1 aromatic heterocycles. The minimum Gasteiger partial charge on any atom is -0.486 e. The third-order valence-electron chi connectivity index (χ3n) is 7.66. The van der Waals surface area contributed by atoms with Crippen LogP contribution in [0.25, 0.3) is 0 Å². The number of hydrogen-bond acceptors (Lipinski definition) is 6. The van der Waals surface area contributed by atoms with Crippen LogP contribution in [0.1, 0.15) is 51.6 Å². The second-order valence-corrected chi connectivity index (χ2v) is 12.4. The summed E-state index contributed by atoms with van der Waals surface area (Å²) in [6.45, 7) is 4.84. The van der Waals surface area contributed by atoms with Crippen LogP contribution >= 0.6 is 0 Å². The number of likely N-dealkylation sites (tertiary alicyclic amines) is 1. The van der Waals surface area contributed by atoms with E-state index in [1.807, 2.05) is 44.2 Å². The van der Waals surface area contributed by atoms with Gasteiger partial charge in [-0.05, 0) is 68.7 Å². The summed E-state index contributed by atoms with van der Waals surface area (Å²) in [5.41, 5.74) is 3.24. The Hall–Kier alpha value is -3.34. The lowest BCUT2D eigenvalue weighted by atomic mass is 10.0. The van der Waals surface area contributed by atoms with Gasteiger partial charge in [0.2, 0.25) is 10.0 Å². The maximum absolute atomic E-state index is 14.9. The van der Waals surface area contributed by atoms with Gasteiger partial charge in [-0.15, -0.1) is 0 Å². The van der Waals surface area contributed by atoms with Crippen LogP contribution in [0.2, 0.25) is 0 Å². The summed E-state index contributed by atoms with van der Waals surface area (Å²) >= 11 is 0. The molecule has 10 heteroatoms. The molecule has 3 unspecified atom stereocenters. The quantitative estimate of drug-likeness (QED) is 0.400. The number of carbonyl (C=O) groups excluding carboxylic acids is 1. The molecule has 5 rings (SSSR count). The fraction of sp³-hybridized carbons (Fsp3) is 0.400. The summed E-state index contributed by atoms with van der Waals surface area (Å²) in [7, 11) is -2.27. The fourth-order valence-electron chi connectivity index (χ4n) is 5.52. The number of aromatic nitrogens is 1. The number of halogens is 1. The highest BCUT2D eigenvalue weighted by atomic mass is 32.2. The first-order valence-corrected chi connectivity index (χ1v) is 15.0. The highest BCUT2D eigenvalue weighted by Crippen LogP contribution is 2.35. The molecule has 2 aliphatic rings. The zero-order valence-electron chi connectivity index (χ0n) is 22.9. The van der Waals surface area contributed by atoms with Crippen molar-refractivity contribution in [2.75, 3.05) is 26.7 Å². The summed E-state index contributed by atoms with van der Waals surface area (Å²) < 4.78 is 54.9. The van der Waals surface area contributed by atoms with Gasteiger partial charge in [0, 0.05) is 31.0 Å². The molecule has 3 aromatic rings. The van der Waals surface area contributed by atoms with Gasteiger partial charge in [-0.2, -0.15) is 4.31 Å². The number of aryl methyl sites for hydroxylation is 2. The molecule has 2 fully saturated rings. The topological polar surface area (TPSA) is 89.0 Å². The van der Waals surface area contributed by atoms with Gasteiger partial charge in [0.25, 0.3) is 5.91 Å². The van der Waals surface area contributed by atoms with Crippen LogP contribution in [-0.2, 0) is 20.5 Å². The first-order valence-electron chi connectivity index (χ1n) is 13.4. The van der Waals surface area contributed by atoms with Gasteiger partial charge in [0.15, 0.2) is 0 Å². The van der Waals surface area contributed by atoms with Gasteiger partial charge in [-0.25, -0.2) is 12.8 Å². The smallest absolute Gasteiger partial charge is 0.254 e. The molecule has 0 aliphatic carbocycles. The summed E-state index contributed by atoms with van der Waals surface area (Å²) in [5.74, 6) is -0.892. The van der Waals surface area contributed by atoms with Gasteiger partial charge in [-0.1, -0.05) is 23.8 Å². The number of ether oxygens (including phenoxy) is 2. The first-order chi connectivity index (χ1) is 19.2. The monoisotopic (exact) mass is 567 g/mol. The number of sulfonamides is 1. The van der Waals surface area contributed by atoms with Crippen LogP contribution in [0.15, 0.2) is 60.8 Å². The Kier molecular flexibility index (Phi) is 8.21. The molecule has 2 saturated heterocycles. The lowest BCUT2D eigenvalue weighted by molar-refractivity contribution is 0.0339. The number of rotatable bonds is 8. The zero-order valence-corrected chi connectivity index (χ0v) is 23.7. The molecular formula is C30H34FN3O5S. The van der Waals surface area contributed by atoms with Crippen LogP contribution in [0.4, 0.5) is 4.39 Å². The Labute approximate surface area is 234 Å². The van der Waals surface area contributed by atoms with Crippen LogP contribution in [0.3, 0.4) is 0 Å². The van der Waals surface area contributed by atoms with Crippen molar-refractivity contribution in [3.8, 4) is 5.75 Å². The second kappa shape index (κ2) is 11.6. The lowest BCUT2D eigenvalue weighted by Gasteiger charge is -2.24. The van der Waals surface area contributed by atoms with Crippen molar-refractivity contribution in [2.45, 2.75) is 50.7 Å². The van der Waals surface area contributed by atoms with Gasteiger partial charge < -0.3 is 14.4 Å². The molecule has 0 saturated carbocycles. The van der Waals surface area contributed by atoms with Gasteiger partial charge in [-0.3, -0.25) is 9.78 Å². The first kappa shape index (κ1) is 28.2. The van der Waals surface area contributed by atoms with Crippen molar-refractivity contribution in [1.82, 2.24) is 14.2 Å². The van der Waals surface area contributed by atoms with Crippen molar-refractivity contribution in [1.29, 1.82) is 0 Å². The van der Waals surface area contributed by atoms with E-state index >= 15 is 0 Å². The number of carbonyl (C=O) groups is 1. The van der Waals surface area contributed by atoms with Crippen molar-refractivity contribution >= 4 is 15.9 Å². The van der Waals surface area contributed by atoms with E-state index in [9.17, 15) is 17.6 Å². The standard InChI is InChI=1S/C30H34FN3O5S/c1-20-9-10-21(2)24(15-20)30(35)33-17-28(38-3)29(18-33)39-23-11-12-25(31)22(16-23)19-40(36,37)34-14-6-8-27(34)26-7-4-5-13-32-26/h4-5,7,9-13,15-16,27-29H,6,8,14,17-19H2,1-3H3. The van der Waals surface area contributed by atoms with Gasteiger partial charge in [0.1, 0.15) is 23.8 Å². The lowest BCUT2D eigenvalue weighted by Crippen LogP contribution is -2.33. The van der Waals surface area contributed by atoms with Crippen LogP contribution < -0.4 is 4.74 Å². The maximum Gasteiger partial charge on any atom is 0.254 e. The van der Waals surface area contributed by atoms with E-state index in [1.165, 1.54) is 22.5 Å². The molecular weight excluding hydrogens is 533 g/mol. The zero-order chi connectivity index (χ0) is 28.4. The molecule has 2 aliphatic heterocycles. The predicted molar refractivity (Wildman–Crippen MR) is 149 cm³/mol. The molecule has 3 atom stereocenters. The fourth-order valence-corrected chi connectivity index (χ4v) is 7.31. The summed E-state index contributed by atoms with van der Waals surface area (Å²) in [6.07, 6.45) is 2.13. The number of amides is 1. The molecule has 0 bridgehead atoms. The number of benzene rings is 2. The average molecular weight is 568 g/mol. The number of nitrogens with zero attached hydrogens (tertiary/aromatic N) is 3. The van der Waals surface area contributed by atoms with E-state index in [0.29, 0.717) is 42.9 Å². The van der Waals surface area contributed by atoms with E-state index in [2.05, 4.69) is 4.98 Å². The average Bonchev–Trinajstić information content (AvgIpc) is 3.60. The van der Waals surface area contributed by atoms with Crippen molar-refractivity contribution in [3.63, 3.8) is 0 Å². The normalized spacial score (nSPS) is 21.6. The van der Waals surface area contributed by atoms with E-state index in [4.69, 9.17) is 9.47 Å². The maximum atomic E-state index is 14.9. The summed E-state index contributed by atoms with van der Waals surface area (Å²) in [6, 6.07) is 15.0. The highest BCUT2D eigenvalue weighted by molar-refractivity contribution is 7.88. The molecule has 2 aromatic carbocycles. The molecule has 1 amide bonds. The Morgan fingerprint density at radius 1 is 1.07 bits per heavy atom. The third kappa shape index (κ3) is 5.89. The van der Waals surface area contributed by atoms with E-state index < -0.39 is 33.8 Å². The molecule has 0 radical (unpaired) electrons. The third-order valence-corrected chi connectivity index (χ3v) is 9.49. The van der Waals surface area contributed by atoms with E-state index in [-0.39, 0.29) is 24.1 Å². The van der Waals surface area contributed by atoms with Gasteiger partial charge >= 0.3 is 0 Å². The number of hydrogen-bond donors (Lipinski definition) is 0. The number of pyridine rings is 1. The number of methoxy groups -OCH3 is 1. The molecule has 0 spiro atoms. The van der Waals surface area contributed by atoms with Crippen molar-refractivity contribution < 1.29 is 27.1 Å². The second-order valence-electron chi connectivity index (χ2n) is 10.5. The summed E-state index contributed by atoms with van der Waals surface area (Å²) in [4.78, 5) is 19.3. The van der Waals surface area contributed by atoms with Crippen LogP contribution in [0, 0.1) is 19.7 Å². The van der Waals surface area contributed by atoms with Crippen molar-refractivity contribution in [3.05, 3.63) is 94.6 Å². The minimum absolute atomic E-state index is 0.0273. The highest BCUT2D eigenvalue weighted by Gasteiger charge is 2.39. The van der Waals surface area contributed by atoms with Crippen LogP contribution in [0.5, 0.6) is 5.75 Å². The molecule has 0 N–H and O–H groups in total. The Balaban J connectivity index is 1.31. The van der Waals surface area contributed by atoms with Crippen molar-refractivity contribution in [2.24, 2.45) is 0 Å². The summed E-state index contributed by atoms with van der Waals surface area (Å²) in [5, 5.41) is 0. The van der Waals surface area contributed by atoms with Gasteiger partial charge in [0.05, 0.1) is 30.6 Å². The minimum atomic E-state index is -3.83. The molecule has 8 nitrogen and oxygen atoms in total. The molecule has 212 valence electrons. The predicted octanol–water partition coefficient (Wildman–Crippen LogP) is 4.42.